The van der Waals surface area contributed by atoms with Gasteiger partial charge in [-0.25, -0.2) is 0 Å². The fourth-order valence-electron chi connectivity index (χ4n) is 3.97. The molecular weight excluding hydrogens is 418 g/mol. The lowest BCUT2D eigenvalue weighted by atomic mass is 10.1. The lowest BCUT2D eigenvalue weighted by molar-refractivity contribution is -0.142. The van der Waals surface area contributed by atoms with Gasteiger partial charge >= 0.3 is 0 Å². The minimum atomic E-state index is -0.108. The first-order valence-corrected chi connectivity index (χ1v) is 11.7. The molecule has 3 rings (SSSR count). The zero-order valence-electron chi connectivity index (χ0n) is 20.2. The molecule has 2 amide bonds. The largest absolute Gasteiger partial charge is 0.497 e. The van der Waals surface area contributed by atoms with E-state index >= 15 is 0 Å². The van der Waals surface area contributed by atoms with Crippen molar-refractivity contribution in [1.29, 1.82) is 0 Å². The second-order valence-corrected chi connectivity index (χ2v) is 8.64. The quantitative estimate of drug-likeness (QED) is 0.611. The fraction of sp³-hybridized carbons (Fsp3) is 0.520. The topological polar surface area (TPSA) is 78.9 Å². The van der Waals surface area contributed by atoms with E-state index in [-0.39, 0.29) is 24.3 Å². The van der Waals surface area contributed by atoms with Crippen LogP contribution in [0.3, 0.4) is 0 Å². The maximum absolute atomic E-state index is 12.9. The second kappa shape index (κ2) is 11.6. The standard InChI is InChI=1S/C25H35N5O3/c1-5-13-30(25(32)19(2)3)18-24(31)29-15-6-14-28(16-17-29)23-12-11-22(26-27-23)20-7-9-21(33-4)10-8-20/h7-12,19H,5-6,13-18H2,1-4H3. The minimum Gasteiger partial charge on any atom is -0.497 e. The van der Waals surface area contributed by atoms with Crippen molar-refractivity contribution in [2.75, 3.05) is 51.3 Å². The van der Waals surface area contributed by atoms with Gasteiger partial charge in [0.15, 0.2) is 5.82 Å². The molecule has 178 valence electrons. The molecule has 1 fully saturated rings. The van der Waals surface area contributed by atoms with Crippen LogP contribution in [0.1, 0.15) is 33.6 Å². The van der Waals surface area contributed by atoms with E-state index in [1.807, 2.05) is 62.1 Å². The van der Waals surface area contributed by atoms with Crippen molar-refractivity contribution in [1.82, 2.24) is 20.0 Å². The maximum Gasteiger partial charge on any atom is 0.242 e. The van der Waals surface area contributed by atoms with Crippen LogP contribution in [0.5, 0.6) is 5.75 Å². The van der Waals surface area contributed by atoms with Crippen LogP contribution in [0.2, 0.25) is 0 Å². The van der Waals surface area contributed by atoms with Gasteiger partial charge in [-0.05, 0) is 49.2 Å². The van der Waals surface area contributed by atoms with Crippen LogP contribution in [0.4, 0.5) is 5.82 Å². The van der Waals surface area contributed by atoms with Crippen molar-refractivity contribution < 1.29 is 14.3 Å². The van der Waals surface area contributed by atoms with Crippen LogP contribution in [-0.2, 0) is 9.59 Å². The lowest BCUT2D eigenvalue weighted by Crippen LogP contribution is -2.45. The number of amides is 2. The number of benzene rings is 1. The summed E-state index contributed by atoms with van der Waals surface area (Å²) in [6, 6.07) is 11.7. The molecule has 1 aliphatic heterocycles. The molecular formula is C25H35N5O3. The van der Waals surface area contributed by atoms with Gasteiger partial charge in [0.25, 0.3) is 0 Å². The Labute approximate surface area is 196 Å². The summed E-state index contributed by atoms with van der Waals surface area (Å²) in [6.45, 7) is 9.33. The number of aromatic nitrogens is 2. The molecule has 0 radical (unpaired) electrons. The molecule has 0 saturated carbocycles. The van der Waals surface area contributed by atoms with E-state index in [4.69, 9.17) is 4.74 Å². The highest BCUT2D eigenvalue weighted by Crippen LogP contribution is 2.22. The molecule has 33 heavy (non-hydrogen) atoms. The molecule has 0 N–H and O–H groups in total. The summed E-state index contributed by atoms with van der Waals surface area (Å²) in [6.07, 6.45) is 1.68. The molecule has 0 bridgehead atoms. The zero-order chi connectivity index (χ0) is 23.8. The predicted molar refractivity (Wildman–Crippen MR) is 129 cm³/mol. The summed E-state index contributed by atoms with van der Waals surface area (Å²) < 4.78 is 5.21. The normalized spacial score (nSPS) is 14.2. The van der Waals surface area contributed by atoms with Crippen LogP contribution >= 0.6 is 0 Å². The Morgan fingerprint density at radius 2 is 1.79 bits per heavy atom. The molecule has 0 aliphatic carbocycles. The molecule has 1 aliphatic rings. The molecule has 0 unspecified atom stereocenters. The second-order valence-electron chi connectivity index (χ2n) is 8.64. The first kappa shape index (κ1) is 24.5. The zero-order valence-corrected chi connectivity index (χ0v) is 20.2. The fourth-order valence-corrected chi connectivity index (χ4v) is 3.97. The van der Waals surface area contributed by atoms with Crippen molar-refractivity contribution >= 4 is 17.6 Å². The maximum atomic E-state index is 12.9. The molecule has 8 nitrogen and oxygen atoms in total. The predicted octanol–water partition coefficient (Wildman–Crippen LogP) is 3.09. The van der Waals surface area contributed by atoms with E-state index in [2.05, 4.69) is 15.1 Å². The van der Waals surface area contributed by atoms with E-state index in [1.54, 1.807) is 12.0 Å². The first-order chi connectivity index (χ1) is 15.9. The van der Waals surface area contributed by atoms with Crippen LogP contribution in [0.25, 0.3) is 11.3 Å². The number of ether oxygens (including phenoxy) is 1. The minimum absolute atomic E-state index is 0.0141. The summed E-state index contributed by atoms with van der Waals surface area (Å²) in [7, 11) is 1.64. The van der Waals surface area contributed by atoms with Gasteiger partial charge in [-0.1, -0.05) is 20.8 Å². The molecule has 0 atom stereocenters. The summed E-state index contributed by atoms with van der Waals surface area (Å²) in [5.74, 6) is 1.56. The van der Waals surface area contributed by atoms with Gasteiger partial charge in [-0.15, -0.1) is 10.2 Å². The van der Waals surface area contributed by atoms with Gasteiger partial charge in [0.1, 0.15) is 5.75 Å². The van der Waals surface area contributed by atoms with E-state index in [1.165, 1.54) is 0 Å². The highest BCUT2D eigenvalue weighted by molar-refractivity contribution is 5.85. The number of carbonyl (C=O) groups is 2. The Bertz CT molecular complexity index is 915. The molecule has 1 aromatic carbocycles. The van der Waals surface area contributed by atoms with Crippen LogP contribution in [0.15, 0.2) is 36.4 Å². The van der Waals surface area contributed by atoms with Crippen LogP contribution in [-0.4, -0.2) is 78.2 Å². The van der Waals surface area contributed by atoms with Gasteiger partial charge < -0.3 is 19.4 Å². The lowest BCUT2D eigenvalue weighted by Gasteiger charge is -2.28. The van der Waals surface area contributed by atoms with E-state index in [0.29, 0.717) is 26.2 Å². The summed E-state index contributed by atoms with van der Waals surface area (Å²) in [5, 5.41) is 8.84. The number of methoxy groups -OCH3 is 1. The van der Waals surface area contributed by atoms with Crippen molar-refractivity contribution in [2.45, 2.75) is 33.6 Å². The SMILES string of the molecule is CCCN(CC(=O)N1CCCN(c2ccc(-c3ccc(OC)cc3)nn2)CC1)C(=O)C(C)C. The number of rotatable bonds is 8. The van der Waals surface area contributed by atoms with Gasteiger partial charge in [0.2, 0.25) is 11.8 Å². The van der Waals surface area contributed by atoms with Crippen molar-refractivity contribution in [3.63, 3.8) is 0 Å². The van der Waals surface area contributed by atoms with Crippen LogP contribution in [0, 0.1) is 5.92 Å². The monoisotopic (exact) mass is 453 g/mol. The summed E-state index contributed by atoms with van der Waals surface area (Å²) >= 11 is 0. The van der Waals surface area contributed by atoms with E-state index < -0.39 is 0 Å². The van der Waals surface area contributed by atoms with Crippen molar-refractivity contribution in [3.05, 3.63) is 36.4 Å². The van der Waals surface area contributed by atoms with Crippen molar-refractivity contribution in [2.24, 2.45) is 5.92 Å². The molecule has 8 heteroatoms. The third-order valence-electron chi connectivity index (χ3n) is 5.83. The van der Waals surface area contributed by atoms with Gasteiger partial charge in [-0.2, -0.15) is 0 Å². The Kier molecular flexibility index (Phi) is 8.63. The average molecular weight is 454 g/mol. The van der Waals surface area contributed by atoms with E-state index in [0.717, 1.165) is 42.2 Å². The average Bonchev–Trinajstić information content (AvgIpc) is 3.10. The Hall–Kier alpha value is -3.16. The molecule has 2 aromatic rings. The molecule has 1 aromatic heterocycles. The highest BCUT2D eigenvalue weighted by Gasteiger charge is 2.24. The Morgan fingerprint density at radius 1 is 1.03 bits per heavy atom. The number of carbonyl (C=O) groups excluding carboxylic acids is 2. The van der Waals surface area contributed by atoms with Crippen LogP contribution < -0.4 is 9.64 Å². The van der Waals surface area contributed by atoms with Crippen molar-refractivity contribution in [3.8, 4) is 17.0 Å². The number of hydrogen-bond acceptors (Lipinski definition) is 6. The third-order valence-corrected chi connectivity index (χ3v) is 5.83. The highest BCUT2D eigenvalue weighted by atomic mass is 16.5. The van der Waals surface area contributed by atoms with Gasteiger partial charge in [-0.3, -0.25) is 9.59 Å². The van der Waals surface area contributed by atoms with Gasteiger partial charge in [0, 0.05) is 44.2 Å². The molecule has 1 saturated heterocycles. The molecule has 2 heterocycles. The number of hydrogen-bond donors (Lipinski definition) is 0. The number of nitrogens with zero attached hydrogens (tertiary/aromatic N) is 5. The van der Waals surface area contributed by atoms with E-state index in [9.17, 15) is 9.59 Å². The number of anilines is 1. The third kappa shape index (κ3) is 6.43. The Balaban J connectivity index is 1.59. The molecule has 0 spiro atoms. The summed E-state index contributed by atoms with van der Waals surface area (Å²) in [5.41, 5.74) is 1.79. The first-order valence-electron chi connectivity index (χ1n) is 11.7. The van der Waals surface area contributed by atoms with Gasteiger partial charge in [0.05, 0.1) is 19.3 Å². The Morgan fingerprint density at radius 3 is 2.39 bits per heavy atom. The smallest absolute Gasteiger partial charge is 0.242 e. The summed E-state index contributed by atoms with van der Waals surface area (Å²) in [4.78, 5) is 31.1.